The predicted molar refractivity (Wildman–Crippen MR) is 81.7 cm³/mol. The van der Waals surface area contributed by atoms with E-state index in [0.29, 0.717) is 0 Å². The summed E-state index contributed by atoms with van der Waals surface area (Å²) in [6.07, 6.45) is 1.24. The lowest BCUT2D eigenvalue weighted by Crippen LogP contribution is -2.39. The molecule has 7 heteroatoms. The van der Waals surface area contributed by atoms with Crippen molar-refractivity contribution in [3.63, 3.8) is 0 Å². The molecule has 1 unspecified atom stereocenters. The number of benzene rings is 1. The Balaban J connectivity index is 2.73. The van der Waals surface area contributed by atoms with E-state index in [0.717, 1.165) is 9.26 Å². The first kappa shape index (κ1) is 16.0. The smallest absolute Gasteiger partial charge is 0.325 e. The largest absolute Gasteiger partial charge is 0.480 e. The number of carbonyl (C=O) groups is 2. The molecule has 0 aliphatic heterocycles. The molecule has 1 aromatic carbocycles. The van der Waals surface area contributed by atoms with Gasteiger partial charge >= 0.3 is 5.97 Å². The summed E-state index contributed by atoms with van der Waals surface area (Å²) < 4.78 is 1.06. The Hall–Kier alpha value is -2.08. The van der Waals surface area contributed by atoms with Crippen molar-refractivity contribution in [2.75, 3.05) is 5.32 Å². The van der Waals surface area contributed by atoms with Gasteiger partial charge in [0, 0.05) is 15.5 Å². The minimum Gasteiger partial charge on any atom is -0.480 e. The van der Waals surface area contributed by atoms with Crippen LogP contribution in [0.15, 0.2) is 36.0 Å². The van der Waals surface area contributed by atoms with Gasteiger partial charge in [0.15, 0.2) is 0 Å². The molecule has 0 heterocycles. The van der Waals surface area contributed by atoms with Crippen molar-refractivity contribution in [3.05, 3.63) is 39.6 Å². The monoisotopic (exact) mass is 385 g/mol. The molecule has 0 saturated carbocycles. The molecule has 0 bridgehead atoms. The van der Waals surface area contributed by atoms with Gasteiger partial charge in [-0.1, -0.05) is 0 Å². The Kier molecular flexibility index (Phi) is 5.99. The van der Waals surface area contributed by atoms with Crippen LogP contribution in [0.4, 0.5) is 5.69 Å². The van der Waals surface area contributed by atoms with Gasteiger partial charge in [0.05, 0.1) is 0 Å². The van der Waals surface area contributed by atoms with Crippen molar-refractivity contribution in [2.24, 2.45) is 0 Å². The molecule has 0 aromatic heterocycles. The number of hydrogen-bond donors (Lipinski definition) is 3. The molecule has 0 radical (unpaired) electrons. The van der Waals surface area contributed by atoms with Gasteiger partial charge in [-0.3, -0.25) is 9.59 Å². The average Bonchev–Trinajstić information content (AvgIpc) is 2.41. The molecule has 1 aromatic rings. The molecule has 1 rings (SSSR count). The van der Waals surface area contributed by atoms with E-state index >= 15 is 0 Å². The van der Waals surface area contributed by atoms with Gasteiger partial charge in [0.25, 0.3) is 5.91 Å². The number of aliphatic carboxylic acids is 1. The second-order valence-corrected chi connectivity index (χ2v) is 5.10. The number of rotatable bonds is 5. The normalized spacial score (nSPS) is 12.2. The fourth-order valence-corrected chi connectivity index (χ4v) is 1.55. The maximum atomic E-state index is 11.7. The van der Waals surface area contributed by atoms with Crippen LogP contribution in [0.5, 0.6) is 0 Å². The maximum absolute atomic E-state index is 11.7. The first-order chi connectivity index (χ1) is 9.43. The van der Waals surface area contributed by atoms with Crippen molar-refractivity contribution in [1.82, 2.24) is 5.32 Å². The SMILES string of the molecule is CC(NC(=O)/C(C#N)=C\Nc1ccc(I)cc1)C(=O)O. The number of halogens is 1. The first-order valence-electron chi connectivity index (χ1n) is 5.60. The van der Waals surface area contributed by atoms with Gasteiger partial charge in [-0.25, -0.2) is 0 Å². The predicted octanol–water partition coefficient (Wildman–Crippen LogP) is 1.70. The molecule has 6 nitrogen and oxygen atoms in total. The zero-order valence-corrected chi connectivity index (χ0v) is 12.7. The van der Waals surface area contributed by atoms with Crippen molar-refractivity contribution in [2.45, 2.75) is 13.0 Å². The third kappa shape index (κ3) is 4.89. The lowest BCUT2D eigenvalue weighted by Gasteiger charge is -2.08. The van der Waals surface area contributed by atoms with Crippen LogP contribution in [0.1, 0.15) is 6.92 Å². The number of nitriles is 1. The fraction of sp³-hybridized carbons (Fsp3) is 0.154. The third-order valence-electron chi connectivity index (χ3n) is 2.31. The zero-order valence-electron chi connectivity index (χ0n) is 10.6. The fourth-order valence-electron chi connectivity index (χ4n) is 1.19. The van der Waals surface area contributed by atoms with Gasteiger partial charge in [0.2, 0.25) is 0 Å². The summed E-state index contributed by atoms with van der Waals surface area (Å²) in [5.74, 6) is -1.90. The highest BCUT2D eigenvalue weighted by atomic mass is 127. The number of carboxylic acids is 1. The number of carbonyl (C=O) groups excluding carboxylic acids is 1. The molecule has 3 N–H and O–H groups in total. The van der Waals surface area contributed by atoms with Crippen LogP contribution >= 0.6 is 22.6 Å². The van der Waals surface area contributed by atoms with E-state index in [1.165, 1.54) is 13.1 Å². The molecule has 1 atom stereocenters. The van der Waals surface area contributed by atoms with Crippen molar-refractivity contribution in [1.29, 1.82) is 5.26 Å². The van der Waals surface area contributed by atoms with Crippen LogP contribution in [-0.2, 0) is 9.59 Å². The molecule has 104 valence electrons. The average molecular weight is 385 g/mol. The molecular weight excluding hydrogens is 373 g/mol. The summed E-state index contributed by atoms with van der Waals surface area (Å²) in [6, 6.07) is 8.00. The van der Waals surface area contributed by atoms with Gasteiger partial charge in [0.1, 0.15) is 17.7 Å². The van der Waals surface area contributed by atoms with Crippen molar-refractivity contribution >= 4 is 40.2 Å². The van der Waals surface area contributed by atoms with E-state index < -0.39 is 17.9 Å². The number of carboxylic acid groups (broad SMARTS) is 1. The molecule has 0 fully saturated rings. The molecule has 0 aliphatic carbocycles. The Bertz CT molecular complexity index is 576. The highest BCUT2D eigenvalue weighted by Gasteiger charge is 2.16. The van der Waals surface area contributed by atoms with E-state index in [1.807, 2.05) is 12.1 Å². The standard InChI is InChI=1S/C13H12IN3O3/c1-8(13(19)20)17-12(18)9(6-15)7-16-11-4-2-10(14)3-5-11/h2-5,7-8,16H,1H3,(H,17,18)(H,19,20)/b9-7-. The topological polar surface area (TPSA) is 102 Å². The van der Waals surface area contributed by atoms with E-state index in [-0.39, 0.29) is 5.57 Å². The van der Waals surface area contributed by atoms with Crippen molar-refractivity contribution in [3.8, 4) is 6.07 Å². The number of anilines is 1. The van der Waals surface area contributed by atoms with Crippen LogP contribution < -0.4 is 10.6 Å². The van der Waals surface area contributed by atoms with Crippen LogP contribution in [0.2, 0.25) is 0 Å². The highest BCUT2D eigenvalue weighted by molar-refractivity contribution is 14.1. The van der Waals surface area contributed by atoms with Crippen LogP contribution in [-0.4, -0.2) is 23.0 Å². The summed E-state index contributed by atoms with van der Waals surface area (Å²) in [6.45, 7) is 1.32. The molecule has 1 amide bonds. The summed E-state index contributed by atoms with van der Waals surface area (Å²) in [4.78, 5) is 22.3. The van der Waals surface area contributed by atoms with Gasteiger partial charge in [-0.2, -0.15) is 5.26 Å². The minimum absolute atomic E-state index is 0.198. The van der Waals surface area contributed by atoms with Crippen LogP contribution in [0.3, 0.4) is 0 Å². The Morgan fingerprint density at radius 2 is 2.00 bits per heavy atom. The summed E-state index contributed by atoms with van der Waals surface area (Å²) in [5, 5.41) is 22.6. The van der Waals surface area contributed by atoms with Crippen LogP contribution in [0, 0.1) is 14.9 Å². The summed E-state index contributed by atoms with van der Waals surface area (Å²) >= 11 is 2.16. The van der Waals surface area contributed by atoms with Crippen molar-refractivity contribution < 1.29 is 14.7 Å². The second kappa shape index (κ2) is 7.49. The number of hydrogen-bond acceptors (Lipinski definition) is 4. The molecule has 0 spiro atoms. The summed E-state index contributed by atoms with van der Waals surface area (Å²) in [7, 11) is 0. The molecule has 20 heavy (non-hydrogen) atoms. The van der Waals surface area contributed by atoms with E-state index in [9.17, 15) is 9.59 Å². The van der Waals surface area contributed by atoms with E-state index in [4.69, 9.17) is 10.4 Å². The molecular formula is C13H12IN3O3. The first-order valence-corrected chi connectivity index (χ1v) is 6.68. The zero-order chi connectivity index (χ0) is 15.1. The van der Waals surface area contributed by atoms with Gasteiger partial charge in [-0.15, -0.1) is 0 Å². The van der Waals surface area contributed by atoms with E-state index in [1.54, 1.807) is 18.2 Å². The Labute approximate surface area is 129 Å². The van der Waals surface area contributed by atoms with E-state index in [2.05, 4.69) is 33.2 Å². The highest BCUT2D eigenvalue weighted by Crippen LogP contribution is 2.11. The molecule has 0 aliphatic rings. The second-order valence-electron chi connectivity index (χ2n) is 3.85. The minimum atomic E-state index is -1.17. The lowest BCUT2D eigenvalue weighted by atomic mass is 10.2. The number of amides is 1. The third-order valence-corrected chi connectivity index (χ3v) is 3.03. The molecule has 0 saturated heterocycles. The lowest BCUT2D eigenvalue weighted by molar-refractivity contribution is -0.140. The Morgan fingerprint density at radius 1 is 1.40 bits per heavy atom. The summed E-state index contributed by atoms with van der Waals surface area (Å²) in [5.41, 5.74) is 0.522. The number of nitrogens with zero attached hydrogens (tertiary/aromatic N) is 1. The Morgan fingerprint density at radius 3 is 2.50 bits per heavy atom. The van der Waals surface area contributed by atoms with Gasteiger partial charge in [-0.05, 0) is 53.8 Å². The van der Waals surface area contributed by atoms with Gasteiger partial charge < -0.3 is 15.7 Å². The number of nitrogens with one attached hydrogen (secondary N) is 2. The van der Waals surface area contributed by atoms with Crippen LogP contribution in [0.25, 0.3) is 0 Å². The maximum Gasteiger partial charge on any atom is 0.325 e. The quantitative estimate of drug-likeness (QED) is 0.407.